The monoisotopic (exact) mass is 1540 g/mol. The van der Waals surface area contributed by atoms with Crippen molar-refractivity contribution in [2.45, 2.75) is 50.6 Å². The van der Waals surface area contributed by atoms with Crippen molar-refractivity contribution in [1.82, 2.24) is 39.2 Å². The molecule has 98 heavy (non-hydrogen) atoms. The van der Waals surface area contributed by atoms with Crippen LogP contribution in [0.1, 0.15) is 36.8 Å². The van der Waals surface area contributed by atoms with E-state index < -0.39 is 179 Å². The van der Waals surface area contributed by atoms with Crippen LogP contribution in [0.4, 0.5) is 11.4 Å². The van der Waals surface area contributed by atoms with Crippen LogP contribution in [0, 0.1) is 0 Å². The van der Waals surface area contributed by atoms with Gasteiger partial charge in [0.1, 0.15) is 0 Å². The van der Waals surface area contributed by atoms with Crippen molar-refractivity contribution >= 4 is 150 Å². The van der Waals surface area contributed by atoms with Gasteiger partial charge in [0.15, 0.2) is 0 Å². The molecule has 2 aliphatic rings. The van der Waals surface area contributed by atoms with E-state index >= 15 is 0 Å². The summed E-state index contributed by atoms with van der Waals surface area (Å²) in [4.78, 5) is 195. The Morgan fingerprint density at radius 2 is 0.592 bits per heavy atom. The molecule has 4 rings (SSSR count). The van der Waals surface area contributed by atoms with Crippen LogP contribution >= 0.6 is 25.7 Å². The Labute approximate surface area is 577 Å². The number of halogens is 3. The van der Waals surface area contributed by atoms with Gasteiger partial charge < -0.3 is 61.7 Å². The molecule has 0 aliphatic carbocycles. The zero-order valence-corrected chi connectivity index (χ0v) is 57.9. The predicted octanol–water partition coefficient (Wildman–Crippen LogP) is -1.17. The van der Waals surface area contributed by atoms with Crippen molar-refractivity contribution in [2.24, 2.45) is 0 Å². The number of carbonyl (C=O) groups excluding carboxylic acids is 6. The number of nitrogens with one attached hydrogen (secondary N) is 2. The van der Waals surface area contributed by atoms with Gasteiger partial charge in [-0.15, -0.1) is 0 Å². The van der Waals surface area contributed by atoms with Crippen molar-refractivity contribution in [3.63, 3.8) is 0 Å². The Balaban J connectivity index is 0.000000632. The molecule has 2 atom stereocenters. The number of carbonyl (C=O) groups is 16. The third kappa shape index (κ3) is 37.7. The Bertz CT molecular complexity index is 2910. The Hall–Kier alpha value is -8.66. The van der Waals surface area contributed by atoms with E-state index in [1.807, 2.05) is 0 Å². The van der Waals surface area contributed by atoms with E-state index in [0.29, 0.717) is 22.5 Å². The van der Waals surface area contributed by atoms with Crippen molar-refractivity contribution < 1.29 is 128 Å². The van der Waals surface area contributed by atoms with Crippen LogP contribution < -0.4 is 10.6 Å². The Kier molecular flexibility index (Phi) is 39.2. The average Bonchev–Trinajstić information content (AvgIpc) is 1.11. The number of rotatable bonds is 46. The molecular weight excluding hydrogens is 1470 g/mol. The van der Waals surface area contributed by atoms with Crippen molar-refractivity contribution in [2.75, 3.05) is 128 Å². The molecule has 0 spiro atoms. The number of aliphatic carboxylic acids is 10. The van der Waals surface area contributed by atoms with E-state index in [-0.39, 0.29) is 103 Å². The summed E-state index contributed by atoms with van der Waals surface area (Å²) in [5.74, 6) is -15.6. The van der Waals surface area contributed by atoms with E-state index in [1.165, 1.54) is 9.80 Å². The number of amides is 6. The molecule has 2 aromatic carbocycles. The first kappa shape index (κ1) is 85.4. The van der Waals surface area contributed by atoms with E-state index in [0.717, 1.165) is 53.7 Å². The zero-order chi connectivity index (χ0) is 73.8. The standard InChI is InChI=1S/2C29H37N5O13.3ClH.In/c2*35-22(2-1-9-34-23(36)7-8-24(34)37)30-20-5-3-19(4-6-20)12-21(33(17-28(44)45)18-29(46)47)13-31(14-25(38)39)10-11-32(15-26(40)41)16-27(42)43;;;;/h2*3-8,21H,1-2,9-18H2,(H,30,35)(H,38,39)(H,40,41)(H,42,43)(H,44,45)(H,46,47);3*1H;/q;;;;;+3/p-3/t2*21-;;;;/m11..../s1/i;;;;;1-4. The number of benzene rings is 2. The van der Waals surface area contributed by atoms with Gasteiger partial charge in [-0.25, -0.2) is 0 Å². The molecule has 0 unspecified atom stereocenters. The van der Waals surface area contributed by atoms with Gasteiger partial charge in [-0.1, -0.05) is 24.3 Å². The summed E-state index contributed by atoms with van der Waals surface area (Å²) in [6.07, 6.45) is 5.23. The minimum atomic E-state index is -2.22. The first-order chi connectivity index (χ1) is 46.0. The van der Waals surface area contributed by atoms with Crippen LogP contribution in [0.5, 0.6) is 0 Å². The first-order valence-electron chi connectivity index (χ1n) is 29.3. The molecule has 0 saturated carbocycles. The quantitative estimate of drug-likeness (QED) is 0.0347. The molecule has 0 radical (unpaired) electrons. The van der Waals surface area contributed by atoms with E-state index in [4.69, 9.17) is 46.2 Å². The van der Waals surface area contributed by atoms with Gasteiger partial charge in [0.05, 0.1) is 65.4 Å². The normalized spacial score (nSPS) is 13.1. The molecule has 2 aromatic rings. The van der Waals surface area contributed by atoms with E-state index in [9.17, 15) is 107 Å². The van der Waals surface area contributed by atoms with Gasteiger partial charge in [0.2, 0.25) is 11.8 Å². The fraction of sp³-hybridized carbons (Fsp3) is 0.448. The van der Waals surface area contributed by atoms with Crippen molar-refractivity contribution in [3.05, 3.63) is 84.0 Å². The maximum absolute atomic E-state index is 12.4. The SMILES string of the molecule is O=C(O)CN(CCN(CC(=O)O)C[C@@H](Cc1ccc(NC(=O)CCCN2C(=O)C=CC2=O)cc1)N(CC(=O)O)CC(=O)O)CC(=O)O.O=C(O)CN(CCN(CC(=O)O)C[C@@H](Cc1ccc(NC(=O)CCCN2C(=O)C=CC2=O)cc1)N(CC(=O)O)CC(=O)O)CC(=O)O.[Cl][111In]([Cl])[Cl]. The van der Waals surface area contributed by atoms with Crippen LogP contribution in [0.2, 0.25) is 0 Å². The summed E-state index contributed by atoms with van der Waals surface area (Å²) in [6.45, 7) is -7.20. The predicted molar refractivity (Wildman–Crippen MR) is 344 cm³/mol. The third-order valence-electron chi connectivity index (χ3n) is 13.7. The molecular formula is C58H74Cl3InN10O26. The van der Waals surface area contributed by atoms with Gasteiger partial charge in [-0.3, -0.25) is 116 Å². The number of carboxylic acid groups (broad SMARTS) is 10. The summed E-state index contributed by atoms with van der Waals surface area (Å²) < 4.78 is 0. The Morgan fingerprint density at radius 3 is 0.827 bits per heavy atom. The van der Waals surface area contributed by atoms with Crippen molar-refractivity contribution in [3.8, 4) is 0 Å². The second-order valence-corrected chi connectivity index (χ2v) is 36.3. The zero-order valence-electron chi connectivity index (χ0n) is 52.3. The van der Waals surface area contributed by atoms with Crippen LogP contribution in [0.25, 0.3) is 0 Å². The third-order valence-corrected chi connectivity index (χ3v) is 13.7. The molecule has 12 N–H and O–H groups in total. The Morgan fingerprint density at radius 1 is 0.367 bits per heavy atom. The second kappa shape index (κ2) is 45.0. The van der Waals surface area contributed by atoms with Gasteiger partial charge >= 0.3 is 103 Å². The van der Waals surface area contributed by atoms with Gasteiger partial charge in [-0.2, -0.15) is 0 Å². The van der Waals surface area contributed by atoms with Crippen LogP contribution in [0.3, 0.4) is 0 Å². The van der Waals surface area contributed by atoms with Gasteiger partial charge in [0.25, 0.3) is 23.6 Å². The van der Waals surface area contributed by atoms with Crippen LogP contribution in [-0.2, 0) is 89.6 Å². The van der Waals surface area contributed by atoms with Crippen LogP contribution in [0.15, 0.2) is 72.8 Å². The van der Waals surface area contributed by atoms with Gasteiger partial charge in [-0.05, 0) is 61.1 Å². The van der Waals surface area contributed by atoms with E-state index in [1.54, 1.807) is 48.5 Å². The molecule has 2 heterocycles. The van der Waals surface area contributed by atoms with Gasteiger partial charge in [0, 0.05) is 113 Å². The first-order valence-corrected chi connectivity index (χ1v) is 41.8. The summed E-state index contributed by atoms with van der Waals surface area (Å²) in [5.41, 5.74) is 1.98. The number of imide groups is 2. The molecule has 36 nitrogen and oxygen atoms in total. The molecule has 0 aromatic heterocycles. The molecule has 2 aliphatic heterocycles. The molecule has 0 saturated heterocycles. The fourth-order valence-corrected chi connectivity index (χ4v) is 9.69. The van der Waals surface area contributed by atoms with E-state index in [2.05, 4.69) is 10.6 Å². The fourth-order valence-electron chi connectivity index (χ4n) is 9.69. The number of hydrogen-bond donors (Lipinski definition) is 12. The molecule has 0 bridgehead atoms. The number of anilines is 2. The van der Waals surface area contributed by atoms with Crippen molar-refractivity contribution in [1.29, 1.82) is 0 Å². The second-order valence-electron chi connectivity index (χ2n) is 21.6. The van der Waals surface area contributed by atoms with Crippen LogP contribution in [-0.4, -0.2) is 333 Å². The summed E-state index contributed by atoms with van der Waals surface area (Å²) in [7, 11) is 15.0. The number of hydrogen-bond acceptors (Lipinski definition) is 22. The summed E-state index contributed by atoms with van der Waals surface area (Å²) >= 11 is -2.22. The molecule has 40 heteroatoms. The topological polar surface area (TPSA) is 525 Å². The number of nitrogens with zero attached hydrogens (tertiary/aromatic N) is 8. The maximum atomic E-state index is 12.4. The summed E-state index contributed by atoms with van der Waals surface area (Å²) in [5, 5.41) is 98.7. The average molecular weight is 1540 g/mol. The minimum absolute atomic E-state index is 0.0238. The summed E-state index contributed by atoms with van der Waals surface area (Å²) in [6, 6.07) is 10.9. The number of carboxylic acids is 10. The molecule has 6 amide bonds. The molecule has 536 valence electrons. The molecule has 0 fully saturated rings.